The number of anilines is 1. The molecule has 0 saturated carbocycles. The average Bonchev–Trinajstić information content (AvgIpc) is 3.15. The van der Waals surface area contributed by atoms with Crippen molar-refractivity contribution in [2.75, 3.05) is 12.4 Å². The lowest BCUT2D eigenvalue weighted by Gasteiger charge is -2.11. The summed E-state index contributed by atoms with van der Waals surface area (Å²) in [6.07, 6.45) is 0.706. The second kappa shape index (κ2) is 8.92. The monoisotopic (exact) mass is 453 g/mol. The van der Waals surface area contributed by atoms with Crippen molar-refractivity contribution in [3.63, 3.8) is 0 Å². The molecule has 32 heavy (non-hydrogen) atoms. The van der Waals surface area contributed by atoms with Crippen molar-refractivity contribution in [3.8, 4) is 11.4 Å². The van der Waals surface area contributed by atoms with E-state index in [1.54, 1.807) is 35.0 Å². The van der Waals surface area contributed by atoms with E-state index < -0.39 is 11.8 Å². The van der Waals surface area contributed by atoms with Gasteiger partial charge in [0.15, 0.2) is 11.5 Å². The van der Waals surface area contributed by atoms with Crippen LogP contribution in [-0.2, 0) is 24.8 Å². The lowest BCUT2D eigenvalue weighted by atomic mass is 10.1. The van der Waals surface area contributed by atoms with Gasteiger partial charge in [-0.2, -0.15) is 5.10 Å². The standard InChI is InChI=1S/C23H21ClFN5O2/c1-4-18-19-21(26-12-13-5-10-16(24)17(25)11-13)27-20(28-22(19)30(2)29-18)14-6-8-15(9-7-14)23(31)32-3/h5-11H,4,12H2,1-3H3,(H,26,27,28). The number of rotatable bonds is 6. The van der Waals surface area contributed by atoms with Gasteiger partial charge in [-0.05, 0) is 36.2 Å². The van der Waals surface area contributed by atoms with Gasteiger partial charge in [-0.3, -0.25) is 0 Å². The molecule has 0 aliphatic rings. The second-order valence-corrected chi connectivity index (χ2v) is 7.60. The van der Waals surface area contributed by atoms with Crippen molar-refractivity contribution >= 4 is 34.4 Å². The van der Waals surface area contributed by atoms with Gasteiger partial charge < -0.3 is 10.1 Å². The van der Waals surface area contributed by atoms with Crippen molar-refractivity contribution in [2.24, 2.45) is 7.05 Å². The number of hydrogen-bond acceptors (Lipinski definition) is 6. The molecule has 4 aromatic rings. The molecule has 2 aromatic heterocycles. The highest BCUT2D eigenvalue weighted by Gasteiger charge is 2.18. The van der Waals surface area contributed by atoms with E-state index in [0.29, 0.717) is 35.8 Å². The van der Waals surface area contributed by atoms with Gasteiger partial charge in [0.1, 0.15) is 11.6 Å². The second-order valence-electron chi connectivity index (χ2n) is 7.19. The first-order chi connectivity index (χ1) is 15.4. The SMILES string of the molecule is CCc1nn(C)c2nc(-c3ccc(C(=O)OC)cc3)nc(NCc3ccc(Cl)c(F)c3)c12. The van der Waals surface area contributed by atoms with Crippen LogP contribution < -0.4 is 5.32 Å². The summed E-state index contributed by atoms with van der Waals surface area (Å²) in [5.74, 6) is 0.192. The zero-order valence-electron chi connectivity index (χ0n) is 17.8. The van der Waals surface area contributed by atoms with Crippen molar-refractivity contribution in [1.29, 1.82) is 0 Å². The third-order valence-electron chi connectivity index (χ3n) is 5.10. The largest absolute Gasteiger partial charge is 0.465 e. The molecule has 0 aliphatic heterocycles. The first-order valence-corrected chi connectivity index (χ1v) is 10.4. The number of ether oxygens (including phenoxy) is 1. The molecule has 2 heterocycles. The summed E-state index contributed by atoms with van der Waals surface area (Å²) in [4.78, 5) is 21.2. The van der Waals surface area contributed by atoms with Crippen LogP contribution in [0, 0.1) is 5.82 Å². The summed E-state index contributed by atoms with van der Waals surface area (Å²) in [6.45, 7) is 2.36. The van der Waals surface area contributed by atoms with E-state index in [9.17, 15) is 9.18 Å². The molecule has 7 nitrogen and oxygen atoms in total. The van der Waals surface area contributed by atoms with Gasteiger partial charge in [-0.15, -0.1) is 0 Å². The summed E-state index contributed by atoms with van der Waals surface area (Å²) in [5.41, 5.74) is 3.44. The molecule has 0 amide bonds. The maximum Gasteiger partial charge on any atom is 0.337 e. The molecule has 0 aliphatic carbocycles. The summed E-state index contributed by atoms with van der Waals surface area (Å²) in [7, 11) is 3.17. The average molecular weight is 454 g/mol. The summed E-state index contributed by atoms with van der Waals surface area (Å²) in [5, 5.41) is 8.77. The molecule has 0 saturated heterocycles. The number of hydrogen-bond donors (Lipinski definition) is 1. The van der Waals surface area contributed by atoms with Gasteiger partial charge in [0.05, 0.1) is 28.8 Å². The minimum absolute atomic E-state index is 0.0800. The third kappa shape index (κ3) is 4.13. The van der Waals surface area contributed by atoms with E-state index in [4.69, 9.17) is 26.3 Å². The van der Waals surface area contributed by atoms with Crippen molar-refractivity contribution in [3.05, 3.63) is 70.1 Å². The molecule has 0 radical (unpaired) electrons. The van der Waals surface area contributed by atoms with E-state index in [-0.39, 0.29) is 5.02 Å². The van der Waals surface area contributed by atoms with Gasteiger partial charge >= 0.3 is 5.97 Å². The predicted octanol–water partition coefficient (Wildman–Crippen LogP) is 4.78. The quantitative estimate of drug-likeness (QED) is 0.423. The molecular weight excluding hydrogens is 433 g/mol. The maximum absolute atomic E-state index is 13.8. The van der Waals surface area contributed by atoms with E-state index in [2.05, 4.69) is 10.4 Å². The zero-order valence-corrected chi connectivity index (χ0v) is 18.6. The predicted molar refractivity (Wildman–Crippen MR) is 121 cm³/mol. The third-order valence-corrected chi connectivity index (χ3v) is 5.41. The number of fused-ring (bicyclic) bond motifs is 1. The van der Waals surface area contributed by atoms with E-state index in [1.165, 1.54) is 19.2 Å². The number of nitrogens with one attached hydrogen (secondary N) is 1. The van der Waals surface area contributed by atoms with Crippen molar-refractivity contribution < 1.29 is 13.9 Å². The minimum atomic E-state index is -0.471. The molecule has 2 aromatic carbocycles. The fourth-order valence-electron chi connectivity index (χ4n) is 3.44. The Labute approximate surface area is 189 Å². The van der Waals surface area contributed by atoms with Gasteiger partial charge in [0, 0.05) is 19.2 Å². The molecule has 0 atom stereocenters. The highest BCUT2D eigenvalue weighted by Crippen LogP contribution is 2.29. The van der Waals surface area contributed by atoms with Crippen LogP contribution in [0.4, 0.5) is 10.2 Å². The number of benzene rings is 2. The van der Waals surface area contributed by atoms with Crippen LogP contribution in [0.2, 0.25) is 5.02 Å². The number of nitrogens with zero attached hydrogens (tertiary/aromatic N) is 4. The first kappa shape index (κ1) is 21.7. The number of aromatic nitrogens is 4. The van der Waals surface area contributed by atoms with Crippen LogP contribution in [-0.4, -0.2) is 32.8 Å². The van der Waals surface area contributed by atoms with Crippen molar-refractivity contribution in [2.45, 2.75) is 19.9 Å². The number of methoxy groups -OCH3 is 1. The van der Waals surface area contributed by atoms with Crippen LogP contribution in [0.15, 0.2) is 42.5 Å². The van der Waals surface area contributed by atoms with Crippen LogP contribution in [0.3, 0.4) is 0 Å². The summed E-state index contributed by atoms with van der Waals surface area (Å²) < 4.78 is 20.3. The smallest absolute Gasteiger partial charge is 0.337 e. The molecule has 1 N–H and O–H groups in total. The maximum atomic E-state index is 13.8. The number of carbonyl (C=O) groups is 1. The van der Waals surface area contributed by atoms with Crippen molar-refractivity contribution in [1.82, 2.24) is 19.7 Å². The Balaban J connectivity index is 1.76. The molecule has 164 valence electrons. The molecule has 0 spiro atoms. The zero-order chi connectivity index (χ0) is 22.8. The Bertz CT molecular complexity index is 1300. The van der Waals surface area contributed by atoms with Crippen LogP contribution in [0.1, 0.15) is 28.5 Å². The minimum Gasteiger partial charge on any atom is -0.465 e. The Morgan fingerprint density at radius 3 is 2.59 bits per heavy atom. The van der Waals surface area contributed by atoms with Gasteiger partial charge in [-0.1, -0.05) is 36.7 Å². The number of aryl methyl sites for hydroxylation is 2. The Kier molecular flexibility index (Phi) is 6.05. The molecule has 0 fully saturated rings. The summed E-state index contributed by atoms with van der Waals surface area (Å²) >= 11 is 5.79. The van der Waals surface area contributed by atoms with Crippen LogP contribution >= 0.6 is 11.6 Å². The molecule has 9 heteroatoms. The first-order valence-electron chi connectivity index (χ1n) is 10.0. The normalized spacial score (nSPS) is 11.0. The van der Waals surface area contributed by atoms with E-state index >= 15 is 0 Å². The van der Waals surface area contributed by atoms with Gasteiger partial charge in [0.2, 0.25) is 0 Å². The fourth-order valence-corrected chi connectivity index (χ4v) is 3.56. The highest BCUT2D eigenvalue weighted by atomic mass is 35.5. The lowest BCUT2D eigenvalue weighted by molar-refractivity contribution is 0.0600. The number of esters is 1. The van der Waals surface area contributed by atoms with Gasteiger partial charge in [-0.25, -0.2) is 23.8 Å². The Morgan fingerprint density at radius 1 is 1.19 bits per heavy atom. The van der Waals surface area contributed by atoms with Crippen LogP contribution in [0.5, 0.6) is 0 Å². The van der Waals surface area contributed by atoms with Gasteiger partial charge in [0.25, 0.3) is 0 Å². The fraction of sp³-hybridized carbons (Fsp3) is 0.217. The topological polar surface area (TPSA) is 81.9 Å². The van der Waals surface area contributed by atoms with E-state index in [1.807, 2.05) is 14.0 Å². The Hall–Kier alpha value is -3.52. The highest BCUT2D eigenvalue weighted by molar-refractivity contribution is 6.30. The lowest BCUT2D eigenvalue weighted by Crippen LogP contribution is -2.06. The van der Waals surface area contributed by atoms with Crippen LogP contribution in [0.25, 0.3) is 22.4 Å². The molecule has 4 rings (SSSR count). The number of carbonyl (C=O) groups excluding carboxylic acids is 1. The Morgan fingerprint density at radius 2 is 1.94 bits per heavy atom. The molecule has 0 unspecified atom stereocenters. The number of halogens is 2. The molecular formula is C23H21ClFN5O2. The summed E-state index contributed by atoms with van der Waals surface area (Å²) in [6, 6.07) is 11.5. The molecule has 0 bridgehead atoms. The van der Waals surface area contributed by atoms with E-state index in [0.717, 1.165) is 22.2 Å².